The maximum absolute atomic E-state index is 12.4. The van der Waals surface area contributed by atoms with Gasteiger partial charge < -0.3 is 16.2 Å². The molecule has 0 saturated carbocycles. The maximum Gasteiger partial charge on any atom is 0.326 e. The lowest BCUT2D eigenvalue weighted by molar-refractivity contribution is -0.141. The summed E-state index contributed by atoms with van der Waals surface area (Å²) in [5.74, 6) is -1.43. The number of nitrogens with zero attached hydrogens (tertiary/aromatic N) is 3. The van der Waals surface area contributed by atoms with Gasteiger partial charge in [-0.25, -0.2) is 9.78 Å². The summed E-state index contributed by atoms with van der Waals surface area (Å²) >= 11 is 4.71. The number of thioether (sulfide) groups is 1. The molecule has 0 aliphatic rings. The fourth-order valence-electron chi connectivity index (χ4n) is 3.33. The fraction of sp³-hybridized carbons (Fsp3) is 0.273. The summed E-state index contributed by atoms with van der Waals surface area (Å²) in [7, 11) is 0. The number of rotatable bonds is 10. The number of carbonyl (C=O) groups is 2. The summed E-state index contributed by atoms with van der Waals surface area (Å²) in [5, 5.41) is 23.6. The maximum atomic E-state index is 12.4. The number of unbranched alkanes of at least 4 members (excludes halogenated alkanes) is 1. The van der Waals surface area contributed by atoms with E-state index in [0.29, 0.717) is 41.1 Å². The molecule has 2 aromatic carbocycles. The molecule has 1 unspecified atom stereocenters. The molecular formula is C22H22BrN5O3S. The van der Waals surface area contributed by atoms with Gasteiger partial charge in [0, 0.05) is 10.8 Å². The third kappa shape index (κ3) is 5.48. The molecule has 3 rings (SSSR count). The van der Waals surface area contributed by atoms with Crippen molar-refractivity contribution in [2.24, 2.45) is 5.73 Å². The van der Waals surface area contributed by atoms with Crippen molar-refractivity contribution < 1.29 is 14.7 Å². The van der Waals surface area contributed by atoms with E-state index in [1.807, 2.05) is 34.9 Å². The Morgan fingerprint density at radius 1 is 1.25 bits per heavy atom. The average molecular weight is 516 g/mol. The largest absolute Gasteiger partial charge is 0.480 e. The number of carboxylic acid groups (broad SMARTS) is 1. The number of nitrogens with one attached hydrogen (secondary N) is 1. The summed E-state index contributed by atoms with van der Waals surface area (Å²) in [5.41, 5.74) is 6.84. The Morgan fingerprint density at radius 2 is 2.00 bits per heavy atom. The Kier molecular flexibility index (Phi) is 8.27. The van der Waals surface area contributed by atoms with Crippen LogP contribution in [-0.2, 0) is 9.59 Å². The molecule has 1 aromatic heterocycles. The van der Waals surface area contributed by atoms with Crippen LogP contribution in [0.4, 0.5) is 0 Å². The van der Waals surface area contributed by atoms with E-state index in [1.165, 1.54) is 11.8 Å². The molecule has 8 nitrogen and oxygen atoms in total. The number of nitriles is 1. The molecule has 166 valence electrons. The Labute approximate surface area is 197 Å². The number of nitrogens with two attached hydrogens (primary N) is 1. The number of hydrogen-bond donors (Lipinski definition) is 3. The lowest BCUT2D eigenvalue weighted by atomic mass is 10.0. The van der Waals surface area contributed by atoms with Crippen LogP contribution < -0.4 is 11.1 Å². The molecule has 3 aromatic rings. The molecular weight excluding hydrogens is 494 g/mol. The second-order valence-corrected chi connectivity index (χ2v) is 8.77. The smallest absolute Gasteiger partial charge is 0.326 e. The van der Waals surface area contributed by atoms with Gasteiger partial charge >= 0.3 is 5.97 Å². The molecule has 32 heavy (non-hydrogen) atoms. The zero-order valence-electron chi connectivity index (χ0n) is 17.1. The van der Waals surface area contributed by atoms with Gasteiger partial charge in [-0.1, -0.05) is 36.0 Å². The average Bonchev–Trinajstić information content (AvgIpc) is 3.16. The van der Waals surface area contributed by atoms with Crippen LogP contribution in [0.25, 0.3) is 16.5 Å². The molecule has 0 aliphatic heterocycles. The number of aromatic nitrogens is 2. The second-order valence-electron chi connectivity index (χ2n) is 7.02. The van der Waals surface area contributed by atoms with Crippen LogP contribution >= 0.6 is 27.7 Å². The van der Waals surface area contributed by atoms with Gasteiger partial charge in [0.1, 0.15) is 10.6 Å². The number of amides is 1. The van der Waals surface area contributed by atoms with Crippen LogP contribution in [0.3, 0.4) is 0 Å². The van der Waals surface area contributed by atoms with E-state index in [-0.39, 0.29) is 11.7 Å². The predicted octanol–water partition coefficient (Wildman–Crippen LogP) is 3.45. The third-order valence-electron chi connectivity index (χ3n) is 4.86. The van der Waals surface area contributed by atoms with Crippen molar-refractivity contribution >= 4 is 50.3 Å². The number of carboxylic acids is 1. The van der Waals surface area contributed by atoms with Crippen LogP contribution in [0.2, 0.25) is 0 Å². The Morgan fingerprint density at radius 3 is 2.69 bits per heavy atom. The highest BCUT2D eigenvalue weighted by molar-refractivity contribution is 9.10. The highest BCUT2D eigenvalue weighted by atomic mass is 79.9. The number of carbonyl (C=O) groups excluding carboxylic acids is 1. The highest BCUT2D eigenvalue weighted by Gasteiger charge is 2.21. The van der Waals surface area contributed by atoms with Crippen molar-refractivity contribution in [3.63, 3.8) is 0 Å². The minimum Gasteiger partial charge on any atom is -0.480 e. The third-order valence-corrected chi connectivity index (χ3v) is 6.37. The van der Waals surface area contributed by atoms with E-state index in [0.717, 1.165) is 16.5 Å². The quantitative estimate of drug-likeness (QED) is 0.278. The Hall–Kier alpha value is -2.87. The molecule has 1 amide bonds. The van der Waals surface area contributed by atoms with E-state index in [1.54, 1.807) is 12.3 Å². The van der Waals surface area contributed by atoms with Crippen molar-refractivity contribution in [2.75, 3.05) is 12.3 Å². The molecule has 4 N–H and O–H groups in total. The summed E-state index contributed by atoms with van der Waals surface area (Å²) in [6.45, 7) is 0.484. The molecule has 0 fully saturated rings. The van der Waals surface area contributed by atoms with Gasteiger partial charge in [0.2, 0.25) is 5.91 Å². The van der Waals surface area contributed by atoms with E-state index >= 15 is 0 Å². The van der Waals surface area contributed by atoms with Crippen molar-refractivity contribution in [1.29, 1.82) is 5.26 Å². The standard InChI is InChI=1S/C22H22BrN5O3S/c23-19-12-26-22(32-13-20(29)27-17(21(30)31)7-3-4-10-24)28(19)18-9-8-14(11-25)15-5-1-2-6-16(15)18/h1-2,5-6,8-9,12,17H,3-4,7,10,13,24H2,(H,27,29)(H,30,31). The SMILES string of the molecule is N#Cc1ccc(-n2c(Br)cnc2SCC(=O)NC(CCCCN)C(=O)O)c2ccccc12. The highest BCUT2D eigenvalue weighted by Crippen LogP contribution is 2.32. The van der Waals surface area contributed by atoms with E-state index in [2.05, 4.69) is 32.3 Å². The zero-order chi connectivity index (χ0) is 23.1. The van der Waals surface area contributed by atoms with Gasteiger partial charge in [0.15, 0.2) is 5.16 Å². The number of aliphatic carboxylic acids is 1. The monoisotopic (exact) mass is 515 g/mol. The van der Waals surface area contributed by atoms with Crippen LogP contribution in [0, 0.1) is 11.3 Å². The van der Waals surface area contributed by atoms with Gasteiger partial charge in [-0.05, 0) is 53.9 Å². The van der Waals surface area contributed by atoms with Crippen molar-refractivity contribution in [3.8, 4) is 11.8 Å². The number of halogens is 1. The molecule has 1 heterocycles. The lowest BCUT2D eigenvalue weighted by Crippen LogP contribution is -2.41. The lowest BCUT2D eigenvalue weighted by Gasteiger charge is -2.15. The molecule has 0 radical (unpaired) electrons. The number of fused-ring (bicyclic) bond motifs is 1. The van der Waals surface area contributed by atoms with Gasteiger partial charge in [0.05, 0.1) is 29.3 Å². The van der Waals surface area contributed by atoms with Crippen LogP contribution in [-0.4, -0.2) is 44.9 Å². The van der Waals surface area contributed by atoms with Gasteiger partial charge in [-0.2, -0.15) is 5.26 Å². The van der Waals surface area contributed by atoms with E-state index < -0.39 is 12.0 Å². The summed E-state index contributed by atoms with van der Waals surface area (Å²) in [6, 6.07) is 12.5. The van der Waals surface area contributed by atoms with Crippen LogP contribution in [0.15, 0.2) is 52.4 Å². The molecule has 0 bridgehead atoms. The number of imidazole rings is 1. The van der Waals surface area contributed by atoms with Crippen molar-refractivity contribution in [1.82, 2.24) is 14.9 Å². The second kappa shape index (κ2) is 11.1. The zero-order valence-corrected chi connectivity index (χ0v) is 19.5. The molecule has 1 atom stereocenters. The first-order valence-corrected chi connectivity index (χ1v) is 11.7. The molecule has 0 aliphatic carbocycles. The van der Waals surface area contributed by atoms with Crippen LogP contribution in [0.5, 0.6) is 0 Å². The van der Waals surface area contributed by atoms with Crippen molar-refractivity contribution in [3.05, 3.63) is 52.8 Å². The minimum absolute atomic E-state index is 0.0122. The summed E-state index contributed by atoms with van der Waals surface area (Å²) in [6.07, 6.45) is 3.31. The fourth-order valence-corrected chi connectivity index (χ4v) is 4.70. The Bertz CT molecular complexity index is 1170. The van der Waals surface area contributed by atoms with Gasteiger partial charge in [0.25, 0.3) is 0 Å². The Balaban J connectivity index is 1.79. The predicted molar refractivity (Wildman–Crippen MR) is 127 cm³/mol. The summed E-state index contributed by atoms with van der Waals surface area (Å²) in [4.78, 5) is 28.2. The normalized spacial score (nSPS) is 11.8. The molecule has 10 heteroatoms. The van der Waals surface area contributed by atoms with E-state index in [9.17, 15) is 20.0 Å². The topological polar surface area (TPSA) is 134 Å². The summed E-state index contributed by atoms with van der Waals surface area (Å²) < 4.78 is 2.55. The van der Waals surface area contributed by atoms with Gasteiger partial charge in [-0.3, -0.25) is 9.36 Å². The van der Waals surface area contributed by atoms with E-state index in [4.69, 9.17) is 5.73 Å². The first kappa shape index (κ1) is 23.8. The van der Waals surface area contributed by atoms with Gasteiger partial charge in [-0.15, -0.1) is 0 Å². The minimum atomic E-state index is -1.06. The van der Waals surface area contributed by atoms with Crippen molar-refractivity contribution in [2.45, 2.75) is 30.5 Å². The number of benzene rings is 2. The first-order chi connectivity index (χ1) is 15.5. The van der Waals surface area contributed by atoms with Crippen LogP contribution in [0.1, 0.15) is 24.8 Å². The number of hydrogen-bond acceptors (Lipinski definition) is 6. The molecule has 0 spiro atoms. The molecule has 0 saturated heterocycles. The first-order valence-electron chi connectivity index (χ1n) is 9.96.